The van der Waals surface area contributed by atoms with Crippen LogP contribution in [0, 0.1) is 17.8 Å². The van der Waals surface area contributed by atoms with Gasteiger partial charge in [0.25, 0.3) is 5.91 Å². The van der Waals surface area contributed by atoms with Crippen molar-refractivity contribution >= 4 is 17.2 Å². The minimum absolute atomic E-state index is 0.0806. The number of aliphatic hydroxyl groups excluding tert-OH is 1. The highest BCUT2D eigenvalue weighted by Gasteiger charge is 2.28. The molecule has 0 spiro atoms. The number of hydrogen-bond acceptors (Lipinski definition) is 3. The Morgan fingerprint density at radius 2 is 2.25 bits per heavy atom. The number of aliphatic hydroxyl groups is 1. The van der Waals surface area contributed by atoms with Gasteiger partial charge >= 0.3 is 0 Å². The lowest BCUT2D eigenvalue weighted by Gasteiger charge is -2.36. The summed E-state index contributed by atoms with van der Waals surface area (Å²) in [5, 5.41) is 10.5. The van der Waals surface area contributed by atoms with Gasteiger partial charge in [-0.05, 0) is 24.8 Å². The normalized spacial score (nSPS) is 21.9. The van der Waals surface area contributed by atoms with E-state index in [0.717, 1.165) is 11.3 Å². The Hall–Kier alpha value is -1.31. The fourth-order valence-corrected chi connectivity index (χ4v) is 3.62. The van der Waals surface area contributed by atoms with E-state index in [0.29, 0.717) is 17.5 Å². The Morgan fingerprint density at radius 3 is 2.95 bits per heavy atom. The summed E-state index contributed by atoms with van der Waals surface area (Å²) in [6.07, 6.45) is 4.80. The Morgan fingerprint density at radius 1 is 1.50 bits per heavy atom. The molecule has 1 aromatic heterocycles. The number of rotatable bonds is 2. The smallest absolute Gasteiger partial charge is 0.254 e. The molecule has 1 N–H and O–H groups in total. The molecule has 0 radical (unpaired) electrons. The highest BCUT2D eigenvalue weighted by Crippen LogP contribution is 2.28. The quantitative estimate of drug-likeness (QED) is 0.851. The first-order valence-corrected chi connectivity index (χ1v) is 7.97. The van der Waals surface area contributed by atoms with Crippen LogP contribution in [0.4, 0.5) is 0 Å². The molecule has 3 nitrogen and oxygen atoms in total. The molecule has 0 aliphatic heterocycles. The minimum atomic E-state index is -0.152. The molecule has 2 rings (SSSR count). The summed E-state index contributed by atoms with van der Waals surface area (Å²) < 4.78 is 0. The van der Waals surface area contributed by atoms with Crippen LogP contribution >= 0.6 is 11.3 Å². The molecule has 0 saturated heterocycles. The van der Waals surface area contributed by atoms with Crippen LogP contribution in [0.1, 0.15) is 47.8 Å². The predicted molar refractivity (Wildman–Crippen MR) is 81.8 cm³/mol. The van der Waals surface area contributed by atoms with Crippen LogP contribution in [0.25, 0.3) is 0 Å². The van der Waals surface area contributed by atoms with Gasteiger partial charge in [-0.25, -0.2) is 0 Å². The van der Waals surface area contributed by atoms with E-state index in [1.54, 1.807) is 0 Å². The fraction of sp³-hybridized carbons (Fsp3) is 0.562. The van der Waals surface area contributed by atoms with Gasteiger partial charge in [0.2, 0.25) is 0 Å². The zero-order chi connectivity index (χ0) is 14.5. The second kappa shape index (κ2) is 6.92. The van der Waals surface area contributed by atoms with Gasteiger partial charge in [-0.2, -0.15) is 0 Å². The summed E-state index contributed by atoms with van der Waals surface area (Å²) in [5.74, 6) is 6.11. The maximum Gasteiger partial charge on any atom is 0.254 e. The molecule has 0 aromatic carbocycles. The second-order valence-corrected chi connectivity index (χ2v) is 6.32. The van der Waals surface area contributed by atoms with Gasteiger partial charge in [-0.3, -0.25) is 4.79 Å². The summed E-state index contributed by atoms with van der Waals surface area (Å²) >= 11 is 1.45. The molecule has 2 unspecified atom stereocenters. The average molecular weight is 291 g/mol. The van der Waals surface area contributed by atoms with Crippen molar-refractivity contribution in [2.45, 2.75) is 38.6 Å². The first-order chi connectivity index (χ1) is 9.63. The zero-order valence-corrected chi connectivity index (χ0v) is 12.9. The largest absolute Gasteiger partial charge is 0.384 e. The Balaban J connectivity index is 2.08. The van der Waals surface area contributed by atoms with E-state index < -0.39 is 0 Å². The van der Waals surface area contributed by atoms with Crippen molar-refractivity contribution in [3.8, 4) is 11.8 Å². The van der Waals surface area contributed by atoms with Gasteiger partial charge in [-0.1, -0.05) is 31.6 Å². The second-order valence-electron chi connectivity index (χ2n) is 5.40. The third-order valence-corrected chi connectivity index (χ3v) is 4.87. The Labute approximate surface area is 124 Å². The van der Waals surface area contributed by atoms with Gasteiger partial charge in [0.05, 0.1) is 10.4 Å². The van der Waals surface area contributed by atoms with E-state index in [4.69, 9.17) is 5.11 Å². The van der Waals surface area contributed by atoms with Gasteiger partial charge < -0.3 is 10.0 Å². The van der Waals surface area contributed by atoms with Crippen molar-refractivity contribution in [3.63, 3.8) is 0 Å². The molecule has 1 amide bonds. The lowest BCUT2D eigenvalue weighted by atomic mass is 9.85. The summed E-state index contributed by atoms with van der Waals surface area (Å²) in [7, 11) is 1.91. The summed E-state index contributed by atoms with van der Waals surface area (Å²) in [5.41, 5.74) is 0.706. The van der Waals surface area contributed by atoms with Gasteiger partial charge in [-0.15, -0.1) is 11.3 Å². The van der Waals surface area contributed by atoms with Crippen LogP contribution in [0.2, 0.25) is 0 Å². The van der Waals surface area contributed by atoms with Crippen molar-refractivity contribution in [3.05, 3.63) is 21.9 Å². The monoisotopic (exact) mass is 291 g/mol. The summed E-state index contributed by atoms with van der Waals surface area (Å²) in [6, 6.07) is 2.17. The first kappa shape index (κ1) is 15.1. The van der Waals surface area contributed by atoms with Crippen molar-refractivity contribution in [2.24, 2.45) is 5.92 Å². The SMILES string of the molecule is CC1CCCCC1N(C)C(=O)c1csc(C#CCO)c1. The molecule has 1 aliphatic carbocycles. The van der Waals surface area contributed by atoms with Crippen LogP contribution in [-0.2, 0) is 0 Å². The third-order valence-electron chi connectivity index (χ3n) is 4.02. The molecule has 1 saturated carbocycles. The van der Waals surface area contributed by atoms with Gasteiger partial charge in [0.15, 0.2) is 0 Å². The zero-order valence-electron chi connectivity index (χ0n) is 12.1. The number of hydrogen-bond donors (Lipinski definition) is 1. The van der Waals surface area contributed by atoms with Gasteiger partial charge in [0.1, 0.15) is 6.61 Å². The van der Waals surface area contributed by atoms with E-state index in [1.807, 2.05) is 23.4 Å². The molecule has 1 fully saturated rings. The van der Waals surface area contributed by atoms with Crippen molar-refractivity contribution in [1.82, 2.24) is 4.90 Å². The molecule has 1 aliphatic rings. The number of amides is 1. The van der Waals surface area contributed by atoms with E-state index in [2.05, 4.69) is 18.8 Å². The van der Waals surface area contributed by atoms with E-state index in [9.17, 15) is 4.79 Å². The molecule has 4 heteroatoms. The number of thiophene rings is 1. The maximum absolute atomic E-state index is 12.5. The first-order valence-electron chi connectivity index (χ1n) is 7.09. The van der Waals surface area contributed by atoms with E-state index in [1.165, 1.54) is 30.6 Å². The molecule has 0 bridgehead atoms. The Bertz CT molecular complexity index is 526. The lowest BCUT2D eigenvalue weighted by Crippen LogP contribution is -2.42. The number of carbonyl (C=O) groups excluding carboxylic acids is 1. The standard InChI is InChI=1S/C16H21NO2S/c1-12-6-3-4-8-15(12)17(2)16(19)13-10-14(20-11-13)7-5-9-18/h10-12,15,18H,3-4,6,8-9H2,1-2H3. The van der Waals surface area contributed by atoms with Crippen molar-refractivity contribution in [2.75, 3.05) is 13.7 Å². The average Bonchev–Trinajstić information content (AvgIpc) is 2.93. The molecule has 108 valence electrons. The topological polar surface area (TPSA) is 40.5 Å². The van der Waals surface area contributed by atoms with E-state index >= 15 is 0 Å². The van der Waals surface area contributed by atoms with Crippen molar-refractivity contribution in [1.29, 1.82) is 0 Å². The molecular weight excluding hydrogens is 270 g/mol. The molecule has 20 heavy (non-hydrogen) atoms. The number of carbonyl (C=O) groups is 1. The predicted octanol–water partition coefficient (Wildman–Crippen LogP) is 2.74. The van der Waals surface area contributed by atoms with E-state index in [-0.39, 0.29) is 12.5 Å². The molecule has 2 atom stereocenters. The maximum atomic E-state index is 12.5. The number of nitrogens with zero attached hydrogens (tertiary/aromatic N) is 1. The van der Waals surface area contributed by atoms with Crippen molar-refractivity contribution < 1.29 is 9.90 Å². The fourth-order valence-electron chi connectivity index (χ4n) is 2.87. The Kier molecular flexibility index (Phi) is 5.22. The highest BCUT2D eigenvalue weighted by atomic mass is 32.1. The summed E-state index contributed by atoms with van der Waals surface area (Å²) in [4.78, 5) is 15.2. The third kappa shape index (κ3) is 3.41. The molecular formula is C16H21NO2S. The van der Waals surface area contributed by atoms with Gasteiger partial charge in [0, 0.05) is 18.5 Å². The molecule has 1 aromatic rings. The van der Waals surface area contributed by atoms with Crippen LogP contribution in [0.15, 0.2) is 11.4 Å². The molecule has 1 heterocycles. The van der Waals surface area contributed by atoms with Crippen LogP contribution < -0.4 is 0 Å². The lowest BCUT2D eigenvalue weighted by molar-refractivity contribution is 0.0629. The van der Waals surface area contributed by atoms with Crippen LogP contribution in [-0.4, -0.2) is 35.6 Å². The van der Waals surface area contributed by atoms with Crippen LogP contribution in [0.3, 0.4) is 0 Å². The summed E-state index contributed by atoms with van der Waals surface area (Å²) in [6.45, 7) is 2.08. The van der Waals surface area contributed by atoms with Crippen LogP contribution in [0.5, 0.6) is 0 Å². The highest BCUT2D eigenvalue weighted by molar-refractivity contribution is 7.10. The minimum Gasteiger partial charge on any atom is -0.384 e.